The Bertz CT molecular complexity index is 452. The van der Waals surface area contributed by atoms with Crippen LogP contribution in [0.2, 0.25) is 0 Å². The van der Waals surface area contributed by atoms with Gasteiger partial charge in [0, 0.05) is 6.26 Å². The fourth-order valence-electron chi connectivity index (χ4n) is 1.20. The molecule has 0 unspecified atom stereocenters. The van der Waals surface area contributed by atoms with Gasteiger partial charge in [-0.25, -0.2) is 8.42 Å². The number of ether oxygens (including phenoxy) is 1. The van der Waals surface area contributed by atoms with E-state index >= 15 is 0 Å². The lowest BCUT2D eigenvalue weighted by molar-refractivity contribution is 0.243. The average Bonchev–Trinajstić information content (AvgIpc) is 2.05. The Morgan fingerprint density at radius 3 is 2.40 bits per heavy atom. The summed E-state index contributed by atoms with van der Waals surface area (Å²) in [7, 11) is -3.30. The van der Waals surface area contributed by atoms with E-state index in [1.165, 1.54) is 6.07 Å². The van der Waals surface area contributed by atoms with Crippen LogP contribution in [-0.4, -0.2) is 20.8 Å². The summed E-state index contributed by atoms with van der Waals surface area (Å²) >= 11 is 0. The van der Waals surface area contributed by atoms with E-state index in [-0.39, 0.29) is 16.7 Å². The van der Waals surface area contributed by atoms with Gasteiger partial charge in [-0.3, -0.25) is 0 Å². The number of sulfone groups is 1. The zero-order valence-electron chi connectivity index (χ0n) is 9.02. The van der Waals surface area contributed by atoms with Crippen molar-refractivity contribution in [3.05, 3.63) is 18.2 Å². The van der Waals surface area contributed by atoms with Crippen LogP contribution in [0.25, 0.3) is 0 Å². The summed E-state index contributed by atoms with van der Waals surface area (Å²) in [6, 6.07) is 4.74. The maximum atomic E-state index is 11.4. The van der Waals surface area contributed by atoms with Gasteiger partial charge in [0.1, 0.15) is 5.75 Å². The quantitative estimate of drug-likeness (QED) is 0.797. The second-order valence-electron chi connectivity index (χ2n) is 3.61. The van der Waals surface area contributed by atoms with E-state index in [0.29, 0.717) is 5.75 Å². The van der Waals surface area contributed by atoms with Crippen molar-refractivity contribution in [3.63, 3.8) is 0 Å². The Balaban J connectivity index is 3.24. The van der Waals surface area contributed by atoms with Crippen molar-refractivity contribution in [3.8, 4) is 5.75 Å². The average molecular weight is 229 g/mol. The zero-order valence-corrected chi connectivity index (χ0v) is 9.84. The van der Waals surface area contributed by atoms with Gasteiger partial charge in [-0.2, -0.15) is 0 Å². The van der Waals surface area contributed by atoms with Gasteiger partial charge in [0.2, 0.25) is 0 Å². The number of nitrogen functional groups attached to an aromatic ring is 1. The van der Waals surface area contributed by atoms with Crippen LogP contribution in [0.4, 0.5) is 5.69 Å². The van der Waals surface area contributed by atoms with Crippen LogP contribution in [0, 0.1) is 0 Å². The van der Waals surface area contributed by atoms with E-state index in [1.54, 1.807) is 12.1 Å². The monoisotopic (exact) mass is 229 g/mol. The van der Waals surface area contributed by atoms with Gasteiger partial charge >= 0.3 is 0 Å². The van der Waals surface area contributed by atoms with Crippen LogP contribution < -0.4 is 10.5 Å². The third kappa shape index (κ3) is 2.86. The van der Waals surface area contributed by atoms with E-state index in [2.05, 4.69) is 0 Å². The van der Waals surface area contributed by atoms with Crippen molar-refractivity contribution in [2.45, 2.75) is 24.8 Å². The molecule has 0 aliphatic carbocycles. The van der Waals surface area contributed by atoms with Crippen molar-refractivity contribution in [1.29, 1.82) is 0 Å². The molecule has 84 valence electrons. The van der Waals surface area contributed by atoms with Crippen LogP contribution >= 0.6 is 0 Å². The molecule has 0 saturated carbocycles. The zero-order chi connectivity index (χ0) is 11.6. The van der Waals surface area contributed by atoms with E-state index < -0.39 is 9.84 Å². The maximum Gasteiger partial charge on any atom is 0.177 e. The number of para-hydroxylation sites is 1. The predicted octanol–water partition coefficient (Wildman–Crippen LogP) is 1.46. The minimum atomic E-state index is -3.30. The van der Waals surface area contributed by atoms with E-state index in [1.807, 2.05) is 13.8 Å². The van der Waals surface area contributed by atoms with E-state index in [4.69, 9.17) is 10.5 Å². The molecule has 1 aromatic carbocycles. The number of rotatable bonds is 3. The van der Waals surface area contributed by atoms with Crippen molar-refractivity contribution in [1.82, 2.24) is 0 Å². The first-order valence-electron chi connectivity index (χ1n) is 4.57. The molecule has 0 aliphatic heterocycles. The molecule has 5 heteroatoms. The lowest BCUT2D eigenvalue weighted by Gasteiger charge is -2.13. The summed E-state index contributed by atoms with van der Waals surface area (Å²) in [5.41, 5.74) is 5.89. The summed E-state index contributed by atoms with van der Waals surface area (Å²) < 4.78 is 28.1. The number of benzene rings is 1. The molecule has 15 heavy (non-hydrogen) atoms. The molecule has 1 rings (SSSR count). The second-order valence-corrected chi connectivity index (χ2v) is 5.59. The highest BCUT2D eigenvalue weighted by molar-refractivity contribution is 7.90. The maximum absolute atomic E-state index is 11.4. The third-order valence-electron chi connectivity index (χ3n) is 1.79. The smallest absolute Gasteiger partial charge is 0.177 e. The minimum Gasteiger partial charge on any atom is -0.489 e. The Morgan fingerprint density at radius 2 is 1.93 bits per heavy atom. The molecule has 0 radical (unpaired) electrons. The highest BCUT2D eigenvalue weighted by Gasteiger charge is 2.15. The minimum absolute atomic E-state index is 0.0397. The summed E-state index contributed by atoms with van der Waals surface area (Å²) in [5.74, 6) is 0.410. The van der Waals surface area contributed by atoms with Gasteiger partial charge in [0.15, 0.2) is 9.84 Å². The Labute approximate surface area is 90.0 Å². The van der Waals surface area contributed by atoms with Crippen molar-refractivity contribution < 1.29 is 13.2 Å². The first-order chi connectivity index (χ1) is 6.82. The van der Waals surface area contributed by atoms with Crippen LogP contribution in [-0.2, 0) is 9.84 Å². The normalized spacial score (nSPS) is 11.7. The number of hydrogen-bond donors (Lipinski definition) is 1. The van der Waals surface area contributed by atoms with Crippen molar-refractivity contribution in [2.75, 3.05) is 12.0 Å². The molecule has 2 N–H and O–H groups in total. The summed E-state index contributed by atoms with van der Waals surface area (Å²) in [6.07, 6.45) is 1.08. The van der Waals surface area contributed by atoms with Gasteiger partial charge in [0.25, 0.3) is 0 Å². The summed E-state index contributed by atoms with van der Waals surface area (Å²) in [6.45, 7) is 3.71. The molecule has 0 spiro atoms. The topological polar surface area (TPSA) is 69.4 Å². The molecule has 0 bridgehead atoms. The first kappa shape index (κ1) is 11.8. The lowest BCUT2D eigenvalue weighted by atomic mass is 10.3. The first-order valence-corrected chi connectivity index (χ1v) is 6.46. The fourth-order valence-corrected chi connectivity index (χ4v) is 2.03. The van der Waals surface area contributed by atoms with Crippen LogP contribution in [0.1, 0.15) is 13.8 Å². The molecule has 0 aromatic heterocycles. The van der Waals surface area contributed by atoms with E-state index in [0.717, 1.165) is 6.26 Å². The number of hydrogen-bond acceptors (Lipinski definition) is 4. The van der Waals surface area contributed by atoms with Gasteiger partial charge in [-0.05, 0) is 26.0 Å². The van der Waals surface area contributed by atoms with Gasteiger partial charge in [-0.1, -0.05) is 6.07 Å². The van der Waals surface area contributed by atoms with Crippen LogP contribution in [0.15, 0.2) is 23.1 Å². The van der Waals surface area contributed by atoms with E-state index in [9.17, 15) is 8.42 Å². The van der Waals surface area contributed by atoms with Crippen molar-refractivity contribution >= 4 is 15.5 Å². The fraction of sp³-hybridized carbons (Fsp3) is 0.400. The van der Waals surface area contributed by atoms with Crippen molar-refractivity contribution in [2.24, 2.45) is 0 Å². The standard InChI is InChI=1S/C10H15NO3S/c1-7(2)14-8-5-4-6-9(10(8)11)15(3,12)13/h4-7H,11H2,1-3H3. The van der Waals surface area contributed by atoms with Gasteiger partial charge < -0.3 is 10.5 Å². The summed E-state index contributed by atoms with van der Waals surface area (Å²) in [5, 5.41) is 0. The van der Waals surface area contributed by atoms with Gasteiger partial charge in [-0.15, -0.1) is 0 Å². The Hall–Kier alpha value is -1.23. The second kappa shape index (κ2) is 4.10. The molecule has 0 atom stereocenters. The molecule has 4 nitrogen and oxygen atoms in total. The largest absolute Gasteiger partial charge is 0.489 e. The molecule has 0 aliphatic rings. The highest BCUT2D eigenvalue weighted by Crippen LogP contribution is 2.29. The number of nitrogens with two attached hydrogens (primary N) is 1. The van der Waals surface area contributed by atoms with Crippen LogP contribution in [0.5, 0.6) is 5.75 Å². The summed E-state index contributed by atoms with van der Waals surface area (Å²) in [4.78, 5) is 0.112. The Kier molecular flexibility index (Phi) is 3.24. The predicted molar refractivity (Wildman–Crippen MR) is 59.7 cm³/mol. The lowest BCUT2D eigenvalue weighted by Crippen LogP contribution is -2.10. The SMILES string of the molecule is CC(C)Oc1cccc(S(C)(=O)=O)c1N. The highest BCUT2D eigenvalue weighted by atomic mass is 32.2. The molecule has 0 fully saturated rings. The Morgan fingerprint density at radius 1 is 1.33 bits per heavy atom. The van der Waals surface area contributed by atoms with Crippen LogP contribution in [0.3, 0.4) is 0 Å². The van der Waals surface area contributed by atoms with Gasteiger partial charge in [0.05, 0.1) is 16.7 Å². The molecular formula is C10H15NO3S. The number of anilines is 1. The third-order valence-corrected chi connectivity index (χ3v) is 2.94. The molecule has 1 aromatic rings. The molecule has 0 saturated heterocycles. The molecular weight excluding hydrogens is 214 g/mol. The molecule has 0 amide bonds. The molecule has 0 heterocycles.